The van der Waals surface area contributed by atoms with Gasteiger partial charge in [0, 0.05) is 32.9 Å². The molecule has 196 valence electrons. The number of ether oxygens (including phenoxy) is 1. The second kappa shape index (κ2) is 11.2. The fourth-order valence-electron chi connectivity index (χ4n) is 5.92. The topological polar surface area (TPSA) is 79.0 Å². The Kier molecular flexibility index (Phi) is 8.26. The molecule has 0 atom stereocenters. The number of unbranched alkanes of at least 4 members (excludes halogenated alkanes) is 1. The molecule has 36 heavy (non-hydrogen) atoms. The summed E-state index contributed by atoms with van der Waals surface area (Å²) in [6.45, 7) is 12.0. The van der Waals surface area contributed by atoms with E-state index in [1.54, 1.807) is 0 Å². The summed E-state index contributed by atoms with van der Waals surface area (Å²) in [4.78, 5) is 18.0. The van der Waals surface area contributed by atoms with Gasteiger partial charge < -0.3 is 20.5 Å². The lowest BCUT2D eigenvalue weighted by Gasteiger charge is -2.48. The summed E-state index contributed by atoms with van der Waals surface area (Å²) in [5.41, 5.74) is 12.2. The summed E-state index contributed by atoms with van der Waals surface area (Å²) in [5.74, 6) is 1.04. The van der Waals surface area contributed by atoms with Gasteiger partial charge in [-0.3, -0.25) is 9.69 Å². The number of amides is 1. The number of aliphatic hydroxyl groups excluding tert-OH is 1. The number of nitrogens with zero attached hydrogens (tertiary/aromatic N) is 2. The van der Waals surface area contributed by atoms with E-state index in [1.165, 1.54) is 0 Å². The number of hydrogen-bond acceptors (Lipinski definition) is 5. The number of piperidine rings is 1. The Labute approximate surface area is 216 Å². The number of carbonyl (C=O) groups excluding carboxylic acids is 1. The van der Waals surface area contributed by atoms with Crippen molar-refractivity contribution in [3.8, 4) is 0 Å². The molecule has 1 amide bonds. The second-order valence-electron chi connectivity index (χ2n) is 10.9. The Bertz CT molecular complexity index is 1060. The molecule has 2 fully saturated rings. The Balaban J connectivity index is 1.95. The third kappa shape index (κ3) is 5.12. The molecule has 3 heterocycles. The van der Waals surface area contributed by atoms with Crippen LogP contribution in [0, 0.1) is 18.3 Å². The maximum atomic E-state index is 13.2. The first-order chi connectivity index (χ1) is 17.3. The lowest BCUT2D eigenvalue weighted by Crippen LogP contribution is -2.47. The molecular formula is C30H43N3O3. The van der Waals surface area contributed by atoms with Gasteiger partial charge in [0.05, 0.1) is 17.0 Å². The van der Waals surface area contributed by atoms with Gasteiger partial charge in [0.25, 0.3) is 5.91 Å². The van der Waals surface area contributed by atoms with E-state index in [0.29, 0.717) is 18.8 Å². The third-order valence-corrected chi connectivity index (χ3v) is 8.23. The SMILES string of the molecule is CCC/C=C1\C(C(N)=O)=C(C2CCOCC2)C(C)=C(N2CCC(C)(CO)CC2)N1c1ccccc1C. The van der Waals surface area contributed by atoms with Crippen molar-refractivity contribution in [1.29, 1.82) is 0 Å². The summed E-state index contributed by atoms with van der Waals surface area (Å²) in [7, 11) is 0. The predicted molar refractivity (Wildman–Crippen MR) is 145 cm³/mol. The predicted octanol–water partition coefficient (Wildman–Crippen LogP) is 5.03. The zero-order valence-electron chi connectivity index (χ0n) is 22.5. The standard InChI is InChI=1S/C30H43N3O3/c1-5-6-10-25-27(28(31)35)26(23-12-18-36-19-13-23)22(3)29(32-16-14-30(4,20-34)15-17-32)33(25)24-11-8-7-9-21(24)2/h7-11,23,34H,5-6,12-20H2,1-4H3,(H2,31,35)/b25-10+. The van der Waals surface area contributed by atoms with Crippen molar-refractivity contribution in [2.24, 2.45) is 17.1 Å². The summed E-state index contributed by atoms with van der Waals surface area (Å²) in [6, 6.07) is 8.39. The zero-order chi connectivity index (χ0) is 25.9. The van der Waals surface area contributed by atoms with Crippen LogP contribution in [-0.2, 0) is 9.53 Å². The lowest BCUT2D eigenvalue weighted by molar-refractivity contribution is -0.114. The van der Waals surface area contributed by atoms with Gasteiger partial charge in [0.2, 0.25) is 0 Å². The number of likely N-dealkylation sites (tertiary alicyclic amines) is 1. The van der Waals surface area contributed by atoms with Gasteiger partial charge in [0.15, 0.2) is 0 Å². The first-order valence-corrected chi connectivity index (χ1v) is 13.6. The molecule has 4 rings (SSSR count). The van der Waals surface area contributed by atoms with Crippen LogP contribution in [0.15, 0.2) is 58.6 Å². The minimum Gasteiger partial charge on any atom is -0.396 e. The number of benzene rings is 1. The molecule has 6 nitrogen and oxygen atoms in total. The quantitative estimate of drug-likeness (QED) is 0.557. The van der Waals surface area contributed by atoms with E-state index in [-0.39, 0.29) is 23.8 Å². The van der Waals surface area contributed by atoms with Crippen molar-refractivity contribution in [2.45, 2.75) is 66.2 Å². The van der Waals surface area contributed by atoms with Gasteiger partial charge in [-0.1, -0.05) is 44.5 Å². The van der Waals surface area contributed by atoms with E-state index in [2.05, 4.69) is 67.8 Å². The number of carbonyl (C=O) groups is 1. The van der Waals surface area contributed by atoms with Crippen LogP contribution in [-0.4, -0.2) is 48.8 Å². The van der Waals surface area contributed by atoms with Crippen molar-refractivity contribution in [3.05, 3.63) is 64.1 Å². The van der Waals surface area contributed by atoms with E-state index >= 15 is 0 Å². The highest BCUT2D eigenvalue weighted by Crippen LogP contribution is 2.46. The molecular weight excluding hydrogens is 450 g/mol. The molecule has 6 heteroatoms. The molecule has 0 unspecified atom stereocenters. The minimum atomic E-state index is -0.359. The number of hydrogen-bond donors (Lipinski definition) is 2. The molecule has 0 radical (unpaired) electrons. The van der Waals surface area contributed by atoms with Gasteiger partial charge >= 0.3 is 0 Å². The largest absolute Gasteiger partial charge is 0.396 e. The molecule has 0 aliphatic carbocycles. The molecule has 3 N–H and O–H groups in total. The molecule has 0 bridgehead atoms. The van der Waals surface area contributed by atoms with Gasteiger partial charge in [0.1, 0.15) is 5.82 Å². The molecule has 1 aromatic rings. The number of allylic oxidation sites excluding steroid dienone is 3. The number of anilines is 1. The van der Waals surface area contributed by atoms with Crippen LogP contribution in [0.4, 0.5) is 5.69 Å². The molecule has 3 aliphatic heterocycles. The van der Waals surface area contributed by atoms with E-state index < -0.39 is 0 Å². The van der Waals surface area contributed by atoms with Crippen LogP contribution in [0.2, 0.25) is 0 Å². The van der Waals surface area contributed by atoms with Crippen LogP contribution in [0.25, 0.3) is 0 Å². The van der Waals surface area contributed by atoms with Crippen molar-refractivity contribution in [1.82, 2.24) is 4.90 Å². The number of aryl methyl sites for hydroxylation is 1. The Morgan fingerprint density at radius 3 is 2.44 bits per heavy atom. The summed E-state index contributed by atoms with van der Waals surface area (Å²) in [6.07, 6.45) is 7.70. The first-order valence-electron chi connectivity index (χ1n) is 13.6. The molecule has 0 spiro atoms. The van der Waals surface area contributed by atoms with Crippen LogP contribution in [0.3, 0.4) is 0 Å². The van der Waals surface area contributed by atoms with Crippen molar-refractivity contribution < 1.29 is 14.6 Å². The Hall–Kier alpha value is -2.57. The average molecular weight is 494 g/mol. The fourth-order valence-corrected chi connectivity index (χ4v) is 5.92. The molecule has 2 saturated heterocycles. The van der Waals surface area contributed by atoms with E-state index in [0.717, 1.165) is 85.5 Å². The zero-order valence-corrected chi connectivity index (χ0v) is 22.5. The number of rotatable bonds is 7. The third-order valence-electron chi connectivity index (χ3n) is 8.23. The van der Waals surface area contributed by atoms with Gasteiger partial charge in [-0.25, -0.2) is 0 Å². The maximum absolute atomic E-state index is 13.2. The van der Waals surface area contributed by atoms with Crippen LogP contribution < -0.4 is 10.6 Å². The summed E-state index contributed by atoms with van der Waals surface area (Å²) in [5, 5.41) is 9.99. The Morgan fingerprint density at radius 2 is 1.86 bits per heavy atom. The van der Waals surface area contributed by atoms with Crippen LogP contribution in [0.5, 0.6) is 0 Å². The summed E-state index contributed by atoms with van der Waals surface area (Å²) < 4.78 is 5.68. The van der Waals surface area contributed by atoms with Crippen LogP contribution in [0.1, 0.15) is 64.9 Å². The van der Waals surface area contributed by atoms with Crippen LogP contribution >= 0.6 is 0 Å². The highest BCUT2D eigenvalue weighted by molar-refractivity contribution is 6.01. The lowest BCUT2D eigenvalue weighted by atomic mass is 9.78. The normalized spacial score (nSPS) is 22.5. The molecule has 0 saturated carbocycles. The number of aliphatic hydroxyl groups is 1. The highest BCUT2D eigenvalue weighted by atomic mass is 16.5. The monoisotopic (exact) mass is 493 g/mol. The number of para-hydroxylation sites is 1. The molecule has 0 aromatic heterocycles. The average Bonchev–Trinajstić information content (AvgIpc) is 2.88. The highest BCUT2D eigenvalue weighted by Gasteiger charge is 2.40. The fraction of sp³-hybridized carbons (Fsp3) is 0.567. The number of primary amides is 1. The van der Waals surface area contributed by atoms with Gasteiger partial charge in [-0.05, 0) is 80.1 Å². The number of nitrogens with two attached hydrogens (primary N) is 1. The van der Waals surface area contributed by atoms with Gasteiger partial charge in [-0.15, -0.1) is 0 Å². The van der Waals surface area contributed by atoms with E-state index in [4.69, 9.17) is 10.5 Å². The smallest absolute Gasteiger partial charge is 0.251 e. The summed E-state index contributed by atoms with van der Waals surface area (Å²) >= 11 is 0. The first kappa shape index (κ1) is 26.5. The Morgan fingerprint density at radius 1 is 1.19 bits per heavy atom. The van der Waals surface area contributed by atoms with Crippen molar-refractivity contribution in [2.75, 3.05) is 37.8 Å². The van der Waals surface area contributed by atoms with Crippen molar-refractivity contribution >= 4 is 11.6 Å². The minimum absolute atomic E-state index is 0.0498. The van der Waals surface area contributed by atoms with E-state index in [1.807, 2.05) is 0 Å². The molecule has 1 aromatic carbocycles. The van der Waals surface area contributed by atoms with Gasteiger partial charge in [-0.2, -0.15) is 0 Å². The maximum Gasteiger partial charge on any atom is 0.251 e. The van der Waals surface area contributed by atoms with Crippen molar-refractivity contribution in [3.63, 3.8) is 0 Å². The second-order valence-corrected chi connectivity index (χ2v) is 10.9. The molecule has 3 aliphatic rings. The van der Waals surface area contributed by atoms with E-state index in [9.17, 15) is 9.90 Å².